The molecule has 4 heteroatoms. The zero-order valence-electron chi connectivity index (χ0n) is 10.7. The topological polar surface area (TPSA) is 32.9 Å². The number of rotatable bonds is 2. The predicted molar refractivity (Wildman–Crippen MR) is 77.9 cm³/mol. The van der Waals surface area contributed by atoms with E-state index in [1.54, 1.807) is 25.3 Å². The van der Waals surface area contributed by atoms with Gasteiger partial charge in [-0.25, -0.2) is 4.39 Å². The van der Waals surface area contributed by atoms with Crippen LogP contribution in [-0.4, -0.2) is 10.8 Å². The Kier molecular flexibility index (Phi) is 3.07. The smallest absolute Gasteiger partial charge is 0.195 e. The Balaban J connectivity index is 2.15. The average Bonchev–Trinajstić information content (AvgIpc) is 2.81. The molecule has 2 nitrogen and oxygen atoms in total. The summed E-state index contributed by atoms with van der Waals surface area (Å²) < 4.78 is 13.1. The summed E-state index contributed by atoms with van der Waals surface area (Å²) >= 11 is 5.98. The fraction of sp³-hybridized carbons (Fsp3) is 0.0625. The van der Waals surface area contributed by atoms with Gasteiger partial charge in [-0.1, -0.05) is 11.6 Å². The summed E-state index contributed by atoms with van der Waals surface area (Å²) in [6.45, 7) is 1.72. The third-order valence-electron chi connectivity index (χ3n) is 3.32. The number of ketones is 1. The van der Waals surface area contributed by atoms with Crippen LogP contribution >= 0.6 is 11.6 Å². The monoisotopic (exact) mass is 287 g/mol. The maximum Gasteiger partial charge on any atom is 0.195 e. The van der Waals surface area contributed by atoms with Crippen LogP contribution in [0.2, 0.25) is 5.02 Å². The second-order valence-electron chi connectivity index (χ2n) is 4.68. The summed E-state index contributed by atoms with van der Waals surface area (Å²) in [5.74, 6) is -0.489. The Morgan fingerprint density at radius 3 is 2.70 bits per heavy atom. The Morgan fingerprint density at radius 2 is 1.95 bits per heavy atom. The van der Waals surface area contributed by atoms with E-state index in [1.807, 2.05) is 6.07 Å². The average molecular weight is 288 g/mol. The molecule has 0 aliphatic carbocycles. The number of benzene rings is 2. The molecule has 2 aromatic carbocycles. The number of nitrogens with one attached hydrogen (secondary N) is 1. The maximum atomic E-state index is 13.1. The highest BCUT2D eigenvalue weighted by molar-refractivity contribution is 6.31. The van der Waals surface area contributed by atoms with Crippen molar-refractivity contribution in [2.45, 2.75) is 6.92 Å². The van der Waals surface area contributed by atoms with E-state index in [4.69, 9.17) is 11.6 Å². The number of H-pyrrole nitrogens is 1. The number of hydrogen-bond acceptors (Lipinski definition) is 1. The van der Waals surface area contributed by atoms with Crippen LogP contribution in [0, 0.1) is 12.7 Å². The molecule has 3 aromatic rings. The highest BCUT2D eigenvalue weighted by Crippen LogP contribution is 2.25. The van der Waals surface area contributed by atoms with E-state index in [0.29, 0.717) is 21.7 Å². The van der Waals surface area contributed by atoms with Gasteiger partial charge in [0.15, 0.2) is 5.78 Å². The molecule has 0 bridgehead atoms. The van der Waals surface area contributed by atoms with Crippen molar-refractivity contribution in [3.8, 4) is 0 Å². The number of carbonyl (C=O) groups excluding carboxylic acids is 1. The first-order chi connectivity index (χ1) is 9.56. The van der Waals surface area contributed by atoms with Crippen molar-refractivity contribution < 1.29 is 9.18 Å². The van der Waals surface area contributed by atoms with Gasteiger partial charge in [-0.15, -0.1) is 0 Å². The van der Waals surface area contributed by atoms with Crippen LogP contribution in [-0.2, 0) is 0 Å². The second kappa shape index (κ2) is 4.76. The van der Waals surface area contributed by atoms with Gasteiger partial charge in [0.05, 0.1) is 0 Å². The molecule has 0 aliphatic rings. The zero-order valence-corrected chi connectivity index (χ0v) is 11.5. The van der Waals surface area contributed by atoms with E-state index in [-0.39, 0.29) is 11.6 Å². The molecule has 0 radical (unpaired) electrons. The SMILES string of the molecule is Cc1cc(F)ccc1C(=O)c1c[nH]c2ccc(Cl)cc12. The summed E-state index contributed by atoms with van der Waals surface area (Å²) in [7, 11) is 0. The molecule has 0 aliphatic heterocycles. The predicted octanol–water partition coefficient (Wildman–Crippen LogP) is 4.50. The molecule has 20 heavy (non-hydrogen) atoms. The van der Waals surface area contributed by atoms with E-state index in [1.165, 1.54) is 18.2 Å². The van der Waals surface area contributed by atoms with Crippen LogP contribution in [0.5, 0.6) is 0 Å². The molecule has 0 saturated carbocycles. The summed E-state index contributed by atoms with van der Waals surface area (Å²) in [5, 5.41) is 1.34. The van der Waals surface area contributed by atoms with E-state index in [2.05, 4.69) is 4.98 Å². The molecule has 1 aromatic heterocycles. The lowest BCUT2D eigenvalue weighted by molar-refractivity contribution is 0.103. The number of aromatic amines is 1. The Morgan fingerprint density at radius 1 is 1.15 bits per heavy atom. The van der Waals surface area contributed by atoms with Crippen LogP contribution in [0.1, 0.15) is 21.5 Å². The minimum absolute atomic E-state index is 0.143. The van der Waals surface area contributed by atoms with Gasteiger partial charge in [-0.05, 0) is 48.9 Å². The highest BCUT2D eigenvalue weighted by Gasteiger charge is 2.16. The van der Waals surface area contributed by atoms with Crippen LogP contribution in [0.4, 0.5) is 4.39 Å². The molecular formula is C16H11ClFNO. The number of hydrogen-bond donors (Lipinski definition) is 1. The largest absolute Gasteiger partial charge is 0.360 e. The molecule has 1 N–H and O–H groups in total. The van der Waals surface area contributed by atoms with Crippen molar-refractivity contribution >= 4 is 28.3 Å². The van der Waals surface area contributed by atoms with Crippen LogP contribution in [0.3, 0.4) is 0 Å². The van der Waals surface area contributed by atoms with Crippen LogP contribution in [0.25, 0.3) is 10.9 Å². The molecule has 0 amide bonds. The molecule has 1 heterocycles. The number of carbonyl (C=O) groups is 1. The van der Waals surface area contributed by atoms with Gasteiger partial charge < -0.3 is 4.98 Å². The highest BCUT2D eigenvalue weighted by atomic mass is 35.5. The summed E-state index contributed by atoms with van der Waals surface area (Å²) in [4.78, 5) is 15.6. The lowest BCUT2D eigenvalue weighted by Gasteiger charge is -2.04. The third kappa shape index (κ3) is 2.10. The van der Waals surface area contributed by atoms with Gasteiger partial charge in [0.1, 0.15) is 5.82 Å². The number of aromatic nitrogens is 1. The minimum atomic E-state index is -0.346. The van der Waals surface area contributed by atoms with E-state index in [0.717, 1.165) is 10.9 Å². The van der Waals surface area contributed by atoms with Crippen LogP contribution < -0.4 is 0 Å². The summed E-state index contributed by atoms with van der Waals surface area (Å²) in [5.41, 5.74) is 2.49. The van der Waals surface area contributed by atoms with Crippen molar-refractivity contribution in [2.75, 3.05) is 0 Å². The molecule has 0 unspecified atom stereocenters. The van der Waals surface area contributed by atoms with E-state index < -0.39 is 0 Å². The van der Waals surface area contributed by atoms with Gasteiger partial charge in [0, 0.05) is 33.2 Å². The fourth-order valence-corrected chi connectivity index (χ4v) is 2.48. The quantitative estimate of drug-likeness (QED) is 0.692. The Labute approximate surface area is 120 Å². The molecule has 0 fully saturated rings. The molecule has 0 spiro atoms. The van der Waals surface area contributed by atoms with Crippen LogP contribution in [0.15, 0.2) is 42.6 Å². The maximum absolute atomic E-state index is 13.1. The first-order valence-corrected chi connectivity index (χ1v) is 6.51. The molecule has 100 valence electrons. The minimum Gasteiger partial charge on any atom is -0.360 e. The van der Waals surface area contributed by atoms with Gasteiger partial charge in [0.2, 0.25) is 0 Å². The first-order valence-electron chi connectivity index (χ1n) is 6.14. The third-order valence-corrected chi connectivity index (χ3v) is 3.56. The summed E-state index contributed by atoms with van der Waals surface area (Å²) in [6, 6.07) is 9.50. The van der Waals surface area contributed by atoms with Gasteiger partial charge >= 0.3 is 0 Å². The lowest BCUT2D eigenvalue weighted by Crippen LogP contribution is -2.03. The second-order valence-corrected chi connectivity index (χ2v) is 5.12. The number of fused-ring (bicyclic) bond motifs is 1. The number of aryl methyl sites for hydroxylation is 1. The molecule has 0 saturated heterocycles. The fourth-order valence-electron chi connectivity index (χ4n) is 2.31. The van der Waals surface area contributed by atoms with Crippen molar-refractivity contribution in [2.24, 2.45) is 0 Å². The molecule has 3 rings (SSSR count). The van der Waals surface area contributed by atoms with Crippen molar-refractivity contribution in [1.82, 2.24) is 4.98 Å². The standard InChI is InChI=1S/C16H11ClFNO/c1-9-6-11(18)3-4-12(9)16(20)14-8-19-15-5-2-10(17)7-13(14)15/h2-8,19H,1H3. The van der Waals surface area contributed by atoms with Gasteiger partial charge in [-0.3, -0.25) is 4.79 Å². The van der Waals surface area contributed by atoms with Gasteiger partial charge in [-0.2, -0.15) is 0 Å². The van der Waals surface area contributed by atoms with E-state index >= 15 is 0 Å². The summed E-state index contributed by atoms with van der Waals surface area (Å²) in [6.07, 6.45) is 1.66. The Bertz CT molecular complexity index is 822. The van der Waals surface area contributed by atoms with Crippen molar-refractivity contribution in [3.63, 3.8) is 0 Å². The normalized spacial score (nSPS) is 10.9. The van der Waals surface area contributed by atoms with E-state index in [9.17, 15) is 9.18 Å². The van der Waals surface area contributed by atoms with Gasteiger partial charge in [0.25, 0.3) is 0 Å². The lowest BCUT2D eigenvalue weighted by atomic mass is 9.99. The molecular weight excluding hydrogens is 277 g/mol. The zero-order chi connectivity index (χ0) is 14.3. The number of halogens is 2. The molecule has 0 atom stereocenters. The first kappa shape index (κ1) is 12.9. The van der Waals surface area contributed by atoms with Crippen molar-refractivity contribution in [3.05, 3.63) is 70.1 Å². The van der Waals surface area contributed by atoms with Crippen molar-refractivity contribution in [1.29, 1.82) is 0 Å². The Hall–Kier alpha value is -2.13.